The monoisotopic (exact) mass is 239 g/mol. The number of halogens is 1. The molecular formula is C9H18ClNO4. The van der Waals surface area contributed by atoms with Gasteiger partial charge < -0.3 is 19.5 Å². The van der Waals surface area contributed by atoms with Gasteiger partial charge in [0.05, 0.1) is 13.2 Å². The van der Waals surface area contributed by atoms with Crippen molar-refractivity contribution in [2.45, 2.75) is 18.9 Å². The van der Waals surface area contributed by atoms with Gasteiger partial charge in [0, 0.05) is 19.4 Å². The van der Waals surface area contributed by atoms with Gasteiger partial charge in [-0.25, -0.2) is 4.79 Å². The Bertz CT molecular complexity index is 173. The number of likely N-dealkylation sites (N-methyl/N-ethyl adjacent to an activating group) is 1. The molecule has 5 nitrogen and oxygen atoms in total. The maximum Gasteiger partial charge on any atom is 0.508 e. The van der Waals surface area contributed by atoms with E-state index in [0.717, 1.165) is 12.8 Å². The summed E-state index contributed by atoms with van der Waals surface area (Å²) >= 11 is 0. The number of nitrogens with one attached hydrogen (secondary N) is 1. The molecule has 0 aliphatic carbocycles. The van der Waals surface area contributed by atoms with Crippen LogP contribution in [0.4, 0.5) is 4.79 Å². The van der Waals surface area contributed by atoms with Crippen molar-refractivity contribution in [1.29, 1.82) is 0 Å². The lowest BCUT2D eigenvalue weighted by molar-refractivity contribution is -0.0271. The zero-order chi connectivity index (χ0) is 10.2. The summed E-state index contributed by atoms with van der Waals surface area (Å²) in [6.45, 7) is 2.31. The smallest absolute Gasteiger partial charge is 0.433 e. The Morgan fingerprint density at radius 3 is 2.73 bits per heavy atom. The number of ether oxygens (including phenoxy) is 3. The topological polar surface area (TPSA) is 56.8 Å². The lowest BCUT2D eigenvalue weighted by atomic mass is 10.2. The van der Waals surface area contributed by atoms with Crippen molar-refractivity contribution >= 4 is 18.6 Å². The first kappa shape index (κ1) is 14.5. The predicted molar refractivity (Wildman–Crippen MR) is 57.4 cm³/mol. The average Bonchev–Trinajstić information content (AvgIpc) is 2.20. The predicted octanol–water partition coefficient (Wildman–Crippen LogP) is 0.960. The molecule has 0 aromatic rings. The van der Waals surface area contributed by atoms with Gasteiger partial charge >= 0.3 is 6.16 Å². The van der Waals surface area contributed by atoms with E-state index in [1.807, 2.05) is 0 Å². The third kappa shape index (κ3) is 6.54. The molecule has 0 aromatic carbocycles. The Morgan fingerprint density at radius 2 is 2.13 bits per heavy atom. The molecular weight excluding hydrogens is 222 g/mol. The number of hydrogen-bond donors (Lipinski definition) is 1. The van der Waals surface area contributed by atoms with E-state index >= 15 is 0 Å². The van der Waals surface area contributed by atoms with Gasteiger partial charge in [0.15, 0.2) is 0 Å². The summed E-state index contributed by atoms with van der Waals surface area (Å²) in [6, 6.07) is 0. The maximum atomic E-state index is 11.1. The van der Waals surface area contributed by atoms with E-state index < -0.39 is 6.16 Å². The molecule has 1 heterocycles. The molecule has 0 bridgehead atoms. The van der Waals surface area contributed by atoms with Crippen LogP contribution >= 0.6 is 12.4 Å². The largest absolute Gasteiger partial charge is 0.508 e. The first-order valence-corrected chi connectivity index (χ1v) is 4.88. The molecule has 0 spiro atoms. The Morgan fingerprint density at radius 1 is 1.47 bits per heavy atom. The Kier molecular flexibility index (Phi) is 8.46. The van der Waals surface area contributed by atoms with Gasteiger partial charge in [-0.05, 0) is 7.05 Å². The third-order valence-corrected chi connectivity index (χ3v) is 2.00. The van der Waals surface area contributed by atoms with Gasteiger partial charge in [-0.3, -0.25) is 0 Å². The number of carbonyl (C=O) groups excluding carboxylic acids is 1. The SMILES string of the molecule is CNCCOC(=O)OC1CCOCC1.Cl. The van der Waals surface area contributed by atoms with Gasteiger partial charge in [0.2, 0.25) is 0 Å². The second-order valence-electron chi connectivity index (χ2n) is 3.13. The molecule has 1 fully saturated rings. The van der Waals surface area contributed by atoms with Crippen LogP contribution in [0, 0.1) is 0 Å². The molecule has 1 aliphatic heterocycles. The van der Waals surface area contributed by atoms with Crippen LogP contribution in [0.15, 0.2) is 0 Å². The van der Waals surface area contributed by atoms with E-state index in [1.165, 1.54) is 0 Å². The third-order valence-electron chi connectivity index (χ3n) is 2.00. The summed E-state index contributed by atoms with van der Waals surface area (Å²) in [5.74, 6) is 0. The van der Waals surface area contributed by atoms with Gasteiger partial charge in [-0.2, -0.15) is 0 Å². The zero-order valence-corrected chi connectivity index (χ0v) is 9.68. The minimum atomic E-state index is -0.577. The highest BCUT2D eigenvalue weighted by Gasteiger charge is 2.18. The van der Waals surface area contributed by atoms with Crippen molar-refractivity contribution in [3.05, 3.63) is 0 Å². The summed E-state index contributed by atoms with van der Waals surface area (Å²) in [4.78, 5) is 11.1. The van der Waals surface area contributed by atoms with E-state index in [4.69, 9.17) is 14.2 Å². The van der Waals surface area contributed by atoms with Crippen LogP contribution in [0.5, 0.6) is 0 Å². The molecule has 1 rings (SSSR count). The number of carbonyl (C=O) groups is 1. The quantitative estimate of drug-likeness (QED) is 0.585. The molecule has 0 radical (unpaired) electrons. The fourth-order valence-electron chi connectivity index (χ4n) is 1.20. The van der Waals surface area contributed by atoms with E-state index in [-0.39, 0.29) is 18.5 Å². The van der Waals surface area contributed by atoms with E-state index in [9.17, 15) is 4.79 Å². The van der Waals surface area contributed by atoms with Crippen LogP contribution in [-0.2, 0) is 14.2 Å². The van der Waals surface area contributed by atoms with Crippen LogP contribution in [0.2, 0.25) is 0 Å². The van der Waals surface area contributed by atoms with Crippen molar-refractivity contribution in [3.63, 3.8) is 0 Å². The summed E-state index contributed by atoms with van der Waals surface area (Å²) in [5.41, 5.74) is 0. The maximum absolute atomic E-state index is 11.1. The van der Waals surface area contributed by atoms with Crippen molar-refractivity contribution < 1.29 is 19.0 Å². The van der Waals surface area contributed by atoms with Gasteiger partial charge in [0.1, 0.15) is 12.7 Å². The second kappa shape index (κ2) is 8.76. The van der Waals surface area contributed by atoms with Gasteiger partial charge in [-0.1, -0.05) is 0 Å². The summed E-state index contributed by atoms with van der Waals surface area (Å²) in [7, 11) is 1.80. The number of hydrogen-bond acceptors (Lipinski definition) is 5. The van der Waals surface area contributed by atoms with Crippen LogP contribution in [0.25, 0.3) is 0 Å². The molecule has 0 atom stereocenters. The summed E-state index contributed by atoms with van der Waals surface area (Å²) in [5, 5.41) is 2.87. The first-order valence-electron chi connectivity index (χ1n) is 4.88. The van der Waals surface area contributed by atoms with Crippen LogP contribution in [0.3, 0.4) is 0 Å². The van der Waals surface area contributed by atoms with Crippen molar-refractivity contribution in [2.24, 2.45) is 0 Å². The molecule has 1 N–H and O–H groups in total. The van der Waals surface area contributed by atoms with Crippen LogP contribution in [-0.4, -0.2) is 45.7 Å². The second-order valence-corrected chi connectivity index (χ2v) is 3.13. The minimum absolute atomic E-state index is 0. The van der Waals surface area contributed by atoms with Crippen LogP contribution in [0.1, 0.15) is 12.8 Å². The Hall–Kier alpha value is -0.520. The van der Waals surface area contributed by atoms with Crippen LogP contribution < -0.4 is 5.32 Å². The van der Waals surface area contributed by atoms with Crippen molar-refractivity contribution in [3.8, 4) is 0 Å². The highest BCUT2D eigenvalue weighted by atomic mass is 35.5. The molecule has 6 heteroatoms. The van der Waals surface area contributed by atoms with E-state index in [1.54, 1.807) is 7.05 Å². The summed E-state index contributed by atoms with van der Waals surface area (Å²) in [6.07, 6.45) is 0.917. The van der Waals surface area contributed by atoms with Crippen molar-refractivity contribution in [2.75, 3.05) is 33.4 Å². The average molecular weight is 240 g/mol. The highest BCUT2D eigenvalue weighted by molar-refractivity contribution is 5.85. The summed E-state index contributed by atoms with van der Waals surface area (Å²) < 4.78 is 15.0. The standard InChI is InChI=1S/C9H17NO4.ClH/c1-10-4-7-13-9(11)14-8-2-5-12-6-3-8;/h8,10H,2-7H2,1H3;1H. The Balaban J connectivity index is 0.00000196. The minimum Gasteiger partial charge on any atom is -0.433 e. The fourth-order valence-corrected chi connectivity index (χ4v) is 1.20. The molecule has 1 aliphatic rings. The highest BCUT2D eigenvalue weighted by Crippen LogP contribution is 2.11. The van der Waals surface area contributed by atoms with E-state index in [2.05, 4.69) is 5.32 Å². The normalized spacial score (nSPS) is 16.6. The zero-order valence-electron chi connectivity index (χ0n) is 8.86. The lowest BCUT2D eigenvalue weighted by Crippen LogP contribution is -2.27. The molecule has 15 heavy (non-hydrogen) atoms. The lowest BCUT2D eigenvalue weighted by Gasteiger charge is -2.21. The van der Waals surface area contributed by atoms with Gasteiger partial charge in [-0.15, -0.1) is 12.4 Å². The van der Waals surface area contributed by atoms with Gasteiger partial charge in [0.25, 0.3) is 0 Å². The Labute approximate surface area is 95.9 Å². The van der Waals surface area contributed by atoms with Crippen molar-refractivity contribution in [1.82, 2.24) is 5.32 Å². The molecule has 1 saturated heterocycles. The van der Waals surface area contributed by atoms with E-state index in [0.29, 0.717) is 26.4 Å². The molecule has 0 unspecified atom stereocenters. The molecule has 0 amide bonds. The number of rotatable bonds is 4. The molecule has 0 aromatic heterocycles. The molecule has 90 valence electrons. The first-order chi connectivity index (χ1) is 6.83. The fraction of sp³-hybridized carbons (Fsp3) is 0.889. The molecule has 0 saturated carbocycles.